The summed E-state index contributed by atoms with van der Waals surface area (Å²) in [7, 11) is 0. The van der Waals surface area contributed by atoms with Crippen molar-refractivity contribution in [1.29, 1.82) is 0 Å². The van der Waals surface area contributed by atoms with Gasteiger partial charge in [-0.2, -0.15) is 4.98 Å². The molecule has 9 nitrogen and oxygen atoms in total. The first-order valence-electron chi connectivity index (χ1n) is 8.50. The Kier molecular flexibility index (Phi) is 3.30. The maximum Gasteiger partial charge on any atom is 0.259 e. The van der Waals surface area contributed by atoms with Gasteiger partial charge in [0, 0.05) is 18.1 Å². The first-order chi connectivity index (χ1) is 13.1. The van der Waals surface area contributed by atoms with E-state index in [1.165, 1.54) is 0 Å². The fourth-order valence-electron chi connectivity index (χ4n) is 3.02. The summed E-state index contributed by atoms with van der Waals surface area (Å²) in [6, 6.07) is 1.95. The molecule has 0 atom stereocenters. The molecular formula is C18H15N7O2. The van der Waals surface area contributed by atoms with Gasteiger partial charge in [0.25, 0.3) is 11.6 Å². The summed E-state index contributed by atoms with van der Waals surface area (Å²) >= 11 is 0. The van der Waals surface area contributed by atoms with E-state index in [2.05, 4.69) is 44.1 Å². The first-order valence-corrected chi connectivity index (χ1v) is 8.50. The number of aryl methyl sites for hydroxylation is 1. The van der Waals surface area contributed by atoms with Crippen LogP contribution in [-0.2, 0) is 0 Å². The summed E-state index contributed by atoms with van der Waals surface area (Å²) < 4.78 is 12.8. The smallest absolute Gasteiger partial charge is 0.259 e. The molecule has 0 amide bonds. The van der Waals surface area contributed by atoms with Gasteiger partial charge in [-0.25, -0.2) is 9.97 Å². The van der Waals surface area contributed by atoms with E-state index in [9.17, 15) is 0 Å². The zero-order valence-electron chi connectivity index (χ0n) is 14.9. The minimum absolute atomic E-state index is 0.215. The van der Waals surface area contributed by atoms with E-state index in [0.29, 0.717) is 23.1 Å². The second kappa shape index (κ2) is 5.70. The van der Waals surface area contributed by atoms with Crippen LogP contribution in [0.25, 0.3) is 39.7 Å². The van der Waals surface area contributed by atoms with Crippen LogP contribution in [0.4, 0.5) is 0 Å². The van der Waals surface area contributed by atoms with E-state index in [4.69, 9.17) is 9.05 Å². The first kappa shape index (κ1) is 15.6. The zero-order valence-corrected chi connectivity index (χ0v) is 14.9. The van der Waals surface area contributed by atoms with Crippen molar-refractivity contribution in [1.82, 2.24) is 34.6 Å². The fourth-order valence-corrected chi connectivity index (χ4v) is 3.02. The Labute approximate surface area is 153 Å². The van der Waals surface area contributed by atoms with Gasteiger partial charge < -0.3 is 9.05 Å². The predicted octanol–water partition coefficient (Wildman–Crippen LogP) is 3.41. The van der Waals surface area contributed by atoms with Crippen molar-refractivity contribution >= 4 is 16.7 Å². The SMILES string of the molecule is Cc1noc2nc(C(C)C)cc(-c3nc(-c4cnc5cnccn45)no3)c12. The number of aromatic nitrogens is 7. The number of imidazole rings is 1. The number of pyridine rings is 1. The average molecular weight is 361 g/mol. The van der Waals surface area contributed by atoms with E-state index in [1.807, 2.05) is 17.4 Å². The Bertz CT molecular complexity index is 1280. The largest absolute Gasteiger partial charge is 0.336 e. The van der Waals surface area contributed by atoms with Gasteiger partial charge in [0.1, 0.15) is 5.69 Å². The molecule has 0 aliphatic carbocycles. The minimum Gasteiger partial charge on any atom is -0.336 e. The van der Waals surface area contributed by atoms with Crippen LogP contribution < -0.4 is 0 Å². The quantitative estimate of drug-likeness (QED) is 0.481. The Morgan fingerprint density at radius 1 is 1.07 bits per heavy atom. The fraction of sp³-hybridized carbons (Fsp3) is 0.222. The highest BCUT2D eigenvalue weighted by atomic mass is 16.5. The van der Waals surface area contributed by atoms with Gasteiger partial charge in [0.2, 0.25) is 5.82 Å². The topological polar surface area (TPSA) is 108 Å². The third-order valence-corrected chi connectivity index (χ3v) is 4.43. The van der Waals surface area contributed by atoms with E-state index in [0.717, 1.165) is 28.0 Å². The molecule has 0 aliphatic rings. The predicted molar refractivity (Wildman–Crippen MR) is 95.9 cm³/mol. The summed E-state index contributed by atoms with van der Waals surface area (Å²) in [6.45, 7) is 5.99. The summed E-state index contributed by atoms with van der Waals surface area (Å²) in [5.41, 5.74) is 4.25. The maximum atomic E-state index is 5.58. The Balaban J connectivity index is 1.69. The average Bonchev–Trinajstić information content (AvgIpc) is 3.39. The van der Waals surface area contributed by atoms with Crippen molar-refractivity contribution in [2.24, 2.45) is 0 Å². The van der Waals surface area contributed by atoms with Gasteiger partial charge in [-0.1, -0.05) is 24.2 Å². The van der Waals surface area contributed by atoms with E-state index in [1.54, 1.807) is 24.8 Å². The van der Waals surface area contributed by atoms with Crippen molar-refractivity contribution in [2.75, 3.05) is 0 Å². The van der Waals surface area contributed by atoms with Crippen LogP contribution in [0, 0.1) is 6.92 Å². The summed E-state index contributed by atoms with van der Waals surface area (Å²) in [6.07, 6.45) is 6.85. The molecule has 0 saturated heterocycles. The van der Waals surface area contributed by atoms with Crippen molar-refractivity contribution in [2.45, 2.75) is 26.7 Å². The molecule has 9 heteroatoms. The molecule has 0 bridgehead atoms. The monoisotopic (exact) mass is 361 g/mol. The summed E-state index contributed by atoms with van der Waals surface area (Å²) in [4.78, 5) is 17.5. The van der Waals surface area contributed by atoms with Gasteiger partial charge in [0.05, 0.1) is 29.0 Å². The van der Waals surface area contributed by atoms with Crippen molar-refractivity contribution < 1.29 is 9.05 Å². The van der Waals surface area contributed by atoms with Crippen molar-refractivity contribution in [3.8, 4) is 23.0 Å². The van der Waals surface area contributed by atoms with Gasteiger partial charge in [-0.3, -0.25) is 9.38 Å². The minimum atomic E-state index is 0.215. The van der Waals surface area contributed by atoms with Crippen LogP contribution in [0.2, 0.25) is 0 Å². The molecule has 134 valence electrons. The Hall–Kier alpha value is -3.62. The third kappa shape index (κ3) is 2.39. The highest BCUT2D eigenvalue weighted by Gasteiger charge is 2.21. The highest BCUT2D eigenvalue weighted by molar-refractivity contribution is 5.91. The molecule has 0 N–H and O–H groups in total. The molecule has 0 saturated carbocycles. The lowest BCUT2D eigenvalue weighted by Crippen LogP contribution is -1.95. The lowest BCUT2D eigenvalue weighted by Gasteiger charge is -2.05. The van der Waals surface area contributed by atoms with Crippen LogP contribution in [-0.4, -0.2) is 34.6 Å². The lowest BCUT2D eigenvalue weighted by atomic mass is 10.0. The number of nitrogens with zero attached hydrogens (tertiary/aromatic N) is 7. The number of rotatable bonds is 3. The van der Waals surface area contributed by atoms with Crippen LogP contribution in [0.15, 0.2) is 39.9 Å². The molecule has 0 aromatic carbocycles. The van der Waals surface area contributed by atoms with Crippen LogP contribution in [0.3, 0.4) is 0 Å². The second-order valence-electron chi connectivity index (χ2n) is 6.57. The number of fused-ring (bicyclic) bond motifs is 2. The van der Waals surface area contributed by atoms with Gasteiger partial charge in [-0.15, -0.1) is 0 Å². The van der Waals surface area contributed by atoms with Crippen LogP contribution in [0.1, 0.15) is 31.2 Å². The normalized spacial score (nSPS) is 11.9. The van der Waals surface area contributed by atoms with Crippen LogP contribution in [0.5, 0.6) is 0 Å². The Morgan fingerprint density at radius 2 is 1.96 bits per heavy atom. The number of hydrogen-bond acceptors (Lipinski definition) is 8. The highest BCUT2D eigenvalue weighted by Crippen LogP contribution is 2.32. The van der Waals surface area contributed by atoms with Crippen molar-refractivity contribution in [3.05, 3.63) is 42.2 Å². The molecule has 0 fully saturated rings. The van der Waals surface area contributed by atoms with Crippen molar-refractivity contribution in [3.63, 3.8) is 0 Å². The molecule has 5 rings (SSSR count). The second-order valence-corrected chi connectivity index (χ2v) is 6.57. The molecule has 27 heavy (non-hydrogen) atoms. The van der Waals surface area contributed by atoms with E-state index in [-0.39, 0.29) is 5.92 Å². The number of hydrogen-bond donors (Lipinski definition) is 0. The summed E-state index contributed by atoms with van der Waals surface area (Å²) in [5, 5.41) is 8.95. The van der Waals surface area contributed by atoms with E-state index < -0.39 is 0 Å². The summed E-state index contributed by atoms with van der Waals surface area (Å²) in [5.74, 6) is 1.04. The molecule has 0 radical (unpaired) electrons. The van der Waals surface area contributed by atoms with Crippen LogP contribution >= 0.6 is 0 Å². The van der Waals surface area contributed by atoms with Gasteiger partial charge in [-0.05, 0) is 18.9 Å². The molecule has 0 unspecified atom stereocenters. The van der Waals surface area contributed by atoms with Gasteiger partial charge >= 0.3 is 0 Å². The molecule has 5 heterocycles. The molecule has 5 aromatic heterocycles. The standard InChI is InChI=1S/C18H15N7O2/c1-9(2)12-6-11(15-10(3)23-27-18(15)21-12)17-22-16(24-26-17)13-7-20-14-8-19-4-5-25(13)14/h4-9H,1-3H3. The maximum absolute atomic E-state index is 5.58. The molecule has 0 aliphatic heterocycles. The third-order valence-electron chi connectivity index (χ3n) is 4.43. The Morgan fingerprint density at radius 3 is 2.81 bits per heavy atom. The molecular weight excluding hydrogens is 346 g/mol. The molecule has 5 aromatic rings. The lowest BCUT2D eigenvalue weighted by molar-refractivity contribution is 0.432. The zero-order chi connectivity index (χ0) is 18.5. The van der Waals surface area contributed by atoms with E-state index >= 15 is 0 Å². The molecule has 0 spiro atoms. The van der Waals surface area contributed by atoms with Gasteiger partial charge in [0.15, 0.2) is 5.65 Å².